The van der Waals surface area contributed by atoms with Crippen LogP contribution in [0.2, 0.25) is 0 Å². The molecule has 2 aromatic rings. The minimum absolute atomic E-state index is 0.202. The highest BCUT2D eigenvalue weighted by Crippen LogP contribution is 2.30. The molecule has 1 aromatic carbocycles. The fraction of sp³-hybridized carbons (Fsp3) is 0.400. The van der Waals surface area contributed by atoms with Gasteiger partial charge in [0.15, 0.2) is 0 Å². The van der Waals surface area contributed by atoms with Crippen molar-refractivity contribution in [1.82, 2.24) is 9.47 Å². The average Bonchev–Trinajstić information content (AvgIpc) is 2.70. The Kier molecular flexibility index (Phi) is 3.71. The largest absolute Gasteiger partial charge is 0.406 e. The monoisotopic (exact) mass is 374 g/mol. The number of hydrogen-bond acceptors (Lipinski definition) is 1. The second-order valence-electron chi connectivity index (χ2n) is 5.76. The number of aromatic nitrogens is 1. The highest BCUT2D eigenvalue weighted by Gasteiger charge is 2.32. The molecule has 3 rings (SSSR count). The fourth-order valence-electron chi connectivity index (χ4n) is 2.79. The molecule has 3 nitrogen and oxygen atoms in total. The molecule has 0 unspecified atom stereocenters. The zero-order valence-electron chi connectivity index (χ0n) is 11.8. The maximum atomic E-state index is 12.7. The zero-order valence-corrected chi connectivity index (χ0v) is 13.4. The number of likely N-dealkylation sites (tertiary alicyclic amines) is 1. The van der Waals surface area contributed by atoms with Gasteiger partial charge in [-0.25, -0.2) is 0 Å². The molecule has 7 heteroatoms. The first-order valence-electron chi connectivity index (χ1n) is 6.89. The Balaban J connectivity index is 2.05. The normalized spacial score (nSPS) is 16.1. The van der Waals surface area contributed by atoms with E-state index >= 15 is 0 Å². The molecule has 118 valence electrons. The van der Waals surface area contributed by atoms with Crippen LogP contribution in [0.1, 0.15) is 17.3 Å². The van der Waals surface area contributed by atoms with E-state index in [0.717, 1.165) is 4.57 Å². The van der Waals surface area contributed by atoms with E-state index in [1.54, 1.807) is 23.1 Å². The number of amides is 1. The third-order valence-corrected chi connectivity index (χ3v) is 4.27. The summed E-state index contributed by atoms with van der Waals surface area (Å²) in [6.07, 6.45) is -3.02. The second kappa shape index (κ2) is 5.30. The minimum Gasteiger partial charge on any atom is -0.338 e. The molecule has 0 bridgehead atoms. The van der Waals surface area contributed by atoms with Crippen molar-refractivity contribution in [3.05, 3.63) is 34.4 Å². The molecule has 0 spiro atoms. The molecule has 0 aliphatic carbocycles. The first-order valence-corrected chi connectivity index (χ1v) is 7.68. The second-order valence-corrected chi connectivity index (χ2v) is 6.68. The smallest absolute Gasteiger partial charge is 0.338 e. The highest BCUT2D eigenvalue weighted by molar-refractivity contribution is 9.10. The van der Waals surface area contributed by atoms with Gasteiger partial charge in [-0.1, -0.05) is 28.9 Å². The molecule has 0 atom stereocenters. The van der Waals surface area contributed by atoms with Crippen molar-refractivity contribution < 1.29 is 18.0 Å². The Hall–Kier alpha value is -1.50. The molecule has 1 amide bonds. The van der Waals surface area contributed by atoms with E-state index in [2.05, 4.69) is 15.9 Å². The Bertz CT molecular complexity index is 732. The van der Waals surface area contributed by atoms with E-state index in [1.807, 2.05) is 6.92 Å². The minimum atomic E-state index is -4.33. The van der Waals surface area contributed by atoms with Crippen molar-refractivity contribution in [2.24, 2.45) is 5.92 Å². The van der Waals surface area contributed by atoms with Crippen LogP contribution in [0.25, 0.3) is 10.9 Å². The molecule has 1 fully saturated rings. The lowest BCUT2D eigenvalue weighted by atomic mass is 10.0. The topological polar surface area (TPSA) is 25.2 Å². The number of benzene rings is 1. The first kappa shape index (κ1) is 15.4. The number of carbonyl (C=O) groups is 1. The lowest BCUT2D eigenvalue weighted by Crippen LogP contribution is -2.48. The predicted molar refractivity (Wildman–Crippen MR) is 80.8 cm³/mol. The molecule has 1 saturated heterocycles. The maximum Gasteiger partial charge on any atom is 0.406 e. The number of halogens is 4. The van der Waals surface area contributed by atoms with Crippen molar-refractivity contribution >= 4 is 32.7 Å². The molecule has 1 aliphatic heterocycles. The summed E-state index contributed by atoms with van der Waals surface area (Å²) >= 11 is 3.26. The summed E-state index contributed by atoms with van der Waals surface area (Å²) in [6.45, 7) is 2.24. The average molecular weight is 375 g/mol. The number of fused-ring (bicyclic) bond motifs is 1. The van der Waals surface area contributed by atoms with Crippen LogP contribution in [0, 0.1) is 5.92 Å². The third kappa shape index (κ3) is 2.86. The van der Waals surface area contributed by atoms with E-state index in [9.17, 15) is 18.0 Å². The summed E-state index contributed by atoms with van der Waals surface area (Å²) in [4.78, 5) is 14.1. The lowest BCUT2D eigenvalue weighted by Gasteiger charge is -2.37. The van der Waals surface area contributed by atoms with Gasteiger partial charge in [0.1, 0.15) is 6.54 Å². The van der Waals surface area contributed by atoms with Gasteiger partial charge in [-0.15, -0.1) is 0 Å². The molecule has 1 aliphatic rings. The van der Waals surface area contributed by atoms with E-state index in [0.29, 0.717) is 39.9 Å². The van der Waals surface area contributed by atoms with Gasteiger partial charge in [-0.3, -0.25) is 4.79 Å². The summed E-state index contributed by atoms with van der Waals surface area (Å²) in [5.41, 5.74) is 0.738. The Morgan fingerprint density at radius 2 is 2.05 bits per heavy atom. The van der Waals surface area contributed by atoms with E-state index in [4.69, 9.17) is 0 Å². The lowest BCUT2D eigenvalue weighted by molar-refractivity contribution is -0.139. The Morgan fingerprint density at radius 3 is 2.64 bits per heavy atom. The Labute approximate surface area is 133 Å². The van der Waals surface area contributed by atoms with Crippen LogP contribution in [0.15, 0.2) is 28.9 Å². The zero-order chi connectivity index (χ0) is 16.1. The van der Waals surface area contributed by atoms with Gasteiger partial charge in [0.05, 0.1) is 11.1 Å². The number of carbonyl (C=O) groups excluding carboxylic acids is 1. The number of nitrogens with zero attached hydrogens (tertiary/aromatic N) is 2. The van der Waals surface area contributed by atoms with Crippen LogP contribution in [-0.4, -0.2) is 34.6 Å². The molecule has 1 aromatic heterocycles. The van der Waals surface area contributed by atoms with Gasteiger partial charge in [0.2, 0.25) is 0 Å². The van der Waals surface area contributed by atoms with Gasteiger partial charge < -0.3 is 9.47 Å². The Morgan fingerprint density at radius 1 is 1.36 bits per heavy atom. The van der Waals surface area contributed by atoms with Crippen LogP contribution < -0.4 is 0 Å². The van der Waals surface area contributed by atoms with Crippen LogP contribution >= 0.6 is 15.9 Å². The standard InChI is InChI=1S/C15H14BrF3N2O/c1-9-5-20(6-9)14(22)12-7-21(8-15(17,18)19)13-4-10(16)2-3-11(12)13/h2-4,7,9H,5-6,8H2,1H3. The molecule has 22 heavy (non-hydrogen) atoms. The molecule has 0 radical (unpaired) electrons. The van der Waals surface area contributed by atoms with Crippen LogP contribution in [0.4, 0.5) is 13.2 Å². The van der Waals surface area contributed by atoms with Crippen molar-refractivity contribution in [2.75, 3.05) is 13.1 Å². The van der Waals surface area contributed by atoms with Gasteiger partial charge in [-0.05, 0) is 18.1 Å². The summed E-state index contributed by atoms with van der Waals surface area (Å²) in [5.74, 6) is 0.243. The number of rotatable bonds is 2. The fourth-order valence-corrected chi connectivity index (χ4v) is 3.14. The summed E-state index contributed by atoms with van der Waals surface area (Å²) in [7, 11) is 0. The van der Waals surface area contributed by atoms with Crippen molar-refractivity contribution in [3.8, 4) is 0 Å². The maximum absolute atomic E-state index is 12.7. The van der Waals surface area contributed by atoms with E-state index in [-0.39, 0.29) is 5.91 Å². The van der Waals surface area contributed by atoms with Crippen molar-refractivity contribution in [2.45, 2.75) is 19.6 Å². The van der Waals surface area contributed by atoms with E-state index in [1.165, 1.54) is 6.20 Å². The van der Waals surface area contributed by atoms with Gasteiger partial charge in [0, 0.05) is 29.1 Å². The van der Waals surface area contributed by atoms with Gasteiger partial charge in [0.25, 0.3) is 5.91 Å². The van der Waals surface area contributed by atoms with E-state index < -0.39 is 12.7 Å². The van der Waals surface area contributed by atoms with Gasteiger partial charge in [-0.2, -0.15) is 13.2 Å². The molecular weight excluding hydrogens is 361 g/mol. The molecular formula is C15H14BrF3N2O. The molecule has 0 saturated carbocycles. The summed E-state index contributed by atoms with van der Waals surface area (Å²) in [6, 6.07) is 5.02. The van der Waals surface area contributed by atoms with Crippen LogP contribution in [-0.2, 0) is 6.54 Å². The highest BCUT2D eigenvalue weighted by atomic mass is 79.9. The molecule has 2 heterocycles. The molecule has 0 N–H and O–H groups in total. The summed E-state index contributed by atoms with van der Waals surface area (Å²) in [5, 5.41) is 0.553. The summed E-state index contributed by atoms with van der Waals surface area (Å²) < 4.78 is 40.0. The SMILES string of the molecule is CC1CN(C(=O)c2cn(CC(F)(F)F)c3cc(Br)ccc23)C1. The van der Waals surface area contributed by atoms with Crippen LogP contribution in [0.3, 0.4) is 0 Å². The van der Waals surface area contributed by atoms with Crippen molar-refractivity contribution in [3.63, 3.8) is 0 Å². The van der Waals surface area contributed by atoms with Crippen molar-refractivity contribution in [1.29, 1.82) is 0 Å². The number of alkyl halides is 3. The third-order valence-electron chi connectivity index (χ3n) is 3.78. The first-order chi connectivity index (χ1) is 10.2. The predicted octanol–water partition coefficient (Wildman–Crippen LogP) is 4.06. The van der Waals surface area contributed by atoms with Crippen LogP contribution in [0.5, 0.6) is 0 Å². The van der Waals surface area contributed by atoms with Gasteiger partial charge >= 0.3 is 6.18 Å². The number of hydrogen-bond donors (Lipinski definition) is 0. The quantitative estimate of drug-likeness (QED) is 0.777.